The maximum atomic E-state index is 4.25. The van der Waals surface area contributed by atoms with Gasteiger partial charge in [-0.05, 0) is 26.7 Å². The van der Waals surface area contributed by atoms with Crippen LogP contribution in [0.15, 0.2) is 5.51 Å². The van der Waals surface area contributed by atoms with Gasteiger partial charge in [0.15, 0.2) is 0 Å². The summed E-state index contributed by atoms with van der Waals surface area (Å²) >= 11 is 1.77. The maximum absolute atomic E-state index is 4.25. The molecule has 3 heteroatoms. The topological polar surface area (TPSA) is 24.9 Å². The third-order valence-corrected chi connectivity index (χ3v) is 3.68. The van der Waals surface area contributed by atoms with Gasteiger partial charge in [0.05, 0.1) is 11.2 Å². The highest BCUT2D eigenvalue weighted by Crippen LogP contribution is 2.12. The van der Waals surface area contributed by atoms with E-state index >= 15 is 0 Å². The van der Waals surface area contributed by atoms with E-state index in [0.29, 0.717) is 6.04 Å². The molecule has 0 saturated carbocycles. The Labute approximate surface area is 97.1 Å². The van der Waals surface area contributed by atoms with Crippen molar-refractivity contribution in [1.29, 1.82) is 0 Å². The number of hydrogen-bond donors (Lipinski definition) is 1. The zero-order chi connectivity index (χ0) is 11.1. The predicted molar refractivity (Wildman–Crippen MR) is 67.5 cm³/mol. The molecular formula is C12H22N2S. The van der Waals surface area contributed by atoms with Gasteiger partial charge in [0.1, 0.15) is 0 Å². The SMILES string of the molecule is CCCCC(C)NCCc1scnc1C. The number of thiazole rings is 1. The maximum Gasteiger partial charge on any atom is 0.0797 e. The summed E-state index contributed by atoms with van der Waals surface area (Å²) in [4.78, 5) is 5.68. The molecule has 1 unspecified atom stereocenters. The zero-order valence-corrected chi connectivity index (χ0v) is 10.9. The van der Waals surface area contributed by atoms with E-state index in [0.717, 1.165) is 13.0 Å². The van der Waals surface area contributed by atoms with E-state index in [9.17, 15) is 0 Å². The minimum Gasteiger partial charge on any atom is -0.314 e. The van der Waals surface area contributed by atoms with Crippen LogP contribution in [0.2, 0.25) is 0 Å². The van der Waals surface area contributed by atoms with Crippen LogP contribution in [0, 0.1) is 6.92 Å². The van der Waals surface area contributed by atoms with Crippen LogP contribution in [0.25, 0.3) is 0 Å². The first-order valence-electron chi connectivity index (χ1n) is 5.86. The highest BCUT2D eigenvalue weighted by Gasteiger charge is 2.03. The molecule has 15 heavy (non-hydrogen) atoms. The van der Waals surface area contributed by atoms with Crippen molar-refractivity contribution in [3.63, 3.8) is 0 Å². The fourth-order valence-electron chi connectivity index (χ4n) is 1.61. The minimum atomic E-state index is 0.651. The van der Waals surface area contributed by atoms with E-state index in [1.165, 1.54) is 29.8 Å². The van der Waals surface area contributed by atoms with E-state index in [2.05, 4.69) is 31.1 Å². The van der Waals surface area contributed by atoms with Gasteiger partial charge in [-0.15, -0.1) is 11.3 Å². The van der Waals surface area contributed by atoms with Gasteiger partial charge in [-0.2, -0.15) is 0 Å². The number of unbranched alkanes of at least 4 members (excludes halogenated alkanes) is 1. The van der Waals surface area contributed by atoms with Gasteiger partial charge in [-0.1, -0.05) is 19.8 Å². The number of nitrogens with one attached hydrogen (secondary N) is 1. The van der Waals surface area contributed by atoms with Crippen LogP contribution in [0.5, 0.6) is 0 Å². The van der Waals surface area contributed by atoms with Gasteiger partial charge in [0.2, 0.25) is 0 Å². The second kappa shape index (κ2) is 6.96. The van der Waals surface area contributed by atoms with Gasteiger partial charge in [-0.3, -0.25) is 0 Å². The Kier molecular flexibility index (Phi) is 5.88. The van der Waals surface area contributed by atoms with Gasteiger partial charge in [0.25, 0.3) is 0 Å². The number of rotatable bonds is 7. The molecule has 0 bridgehead atoms. The van der Waals surface area contributed by atoms with Crippen molar-refractivity contribution in [3.8, 4) is 0 Å². The van der Waals surface area contributed by atoms with Gasteiger partial charge >= 0.3 is 0 Å². The average molecular weight is 226 g/mol. The van der Waals surface area contributed by atoms with Crippen molar-refractivity contribution in [2.75, 3.05) is 6.54 Å². The fourth-order valence-corrected chi connectivity index (χ4v) is 2.39. The molecule has 1 rings (SSSR count). The number of hydrogen-bond acceptors (Lipinski definition) is 3. The molecule has 1 atom stereocenters. The number of aryl methyl sites for hydroxylation is 1. The first-order valence-corrected chi connectivity index (χ1v) is 6.74. The van der Waals surface area contributed by atoms with Crippen LogP contribution >= 0.6 is 11.3 Å². The van der Waals surface area contributed by atoms with E-state index in [1.807, 2.05) is 5.51 Å². The third-order valence-electron chi connectivity index (χ3n) is 2.68. The summed E-state index contributed by atoms with van der Waals surface area (Å²) in [5, 5.41) is 3.56. The Balaban J connectivity index is 2.13. The highest BCUT2D eigenvalue weighted by molar-refractivity contribution is 7.09. The average Bonchev–Trinajstić information content (AvgIpc) is 2.61. The first-order chi connectivity index (χ1) is 7.24. The molecule has 1 aromatic heterocycles. The molecule has 1 aromatic rings. The van der Waals surface area contributed by atoms with E-state index in [4.69, 9.17) is 0 Å². The molecule has 1 heterocycles. The molecule has 0 radical (unpaired) electrons. The van der Waals surface area contributed by atoms with Crippen molar-refractivity contribution in [1.82, 2.24) is 10.3 Å². The van der Waals surface area contributed by atoms with Crippen LogP contribution in [-0.2, 0) is 6.42 Å². The lowest BCUT2D eigenvalue weighted by Gasteiger charge is -2.12. The second-order valence-corrected chi connectivity index (χ2v) is 5.05. The van der Waals surface area contributed by atoms with Crippen LogP contribution in [0.1, 0.15) is 43.7 Å². The van der Waals surface area contributed by atoms with Gasteiger partial charge in [-0.25, -0.2) is 4.98 Å². The van der Waals surface area contributed by atoms with Crippen LogP contribution < -0.4 is 5.32 Å². The quantitative estimate of drug-likeness (QED) is 0.772. The molecule has 0 amide bonds. The highest BCUT2D eigenvalue weighted by atomic mass is 32.1. The molecule has 0 aliphatic rings. The lowest BCUT2D eigenvalue weighted by molar-refractivity contribution is 0.499. The molecular weight excluding hydrogens is 204 g/mol. The Hall–Kier alpha value is -0.410. The summed E-state index contributed by atoms with van der Waals surface area (Å²) in [7, 11) is 0. The van der Waals surface area contributed by atoms with Gasteiger partial charge in [0, 0.05) is 17.5 Å². The normalized spacial score (nSPS) is 13.0. The summed E-state index contributed by atoms with van der Waals surface area (Å²) in [6.45, 7) is 7.68. The number of aromatic nitrogens is 1. The molecule has 0 aliphatic heterocycles. The Morgan fingerprint density at radius 2 is 2.33 bits per heavy atom. The monoisotopic (exact) mass is 226 g/mol. The van der Waals surface area contributed by atoms with Crippen molar-refractivity contribution in [2.45, 2.75) is 52.5 Å². The Morgan fingerprint density at radius 3 is 2.93 bits per heavy atom. The van der Waals surface area contributed by atoms with E-state index < -0.39 is 0 Å². The van der Waals surface area contributed by atoms with Crippen LogP contribution in [0.3, 0.4) is 0 Å². The first kappa shape index (κ1) is 12.7. The molecule has 1 N–H and O–H groups in total. The summed E-state index contributed by atoms with van der Waals surface area (Å²) in [6.07, 6.45) is 5.03. The standard InChI is InChI=1S/C12H22N2S/c1-4-5-6-10(2)13-8-7-12-11(3)14-9-15-12/h9-10,13H,4-8H2,1-3H3. The Bertz CT molecular complexity index is 270. The van der Waals surface area contributed by atoms with E-state index in [1.54, 1.807) is 11.3 Å². The van der Waals surface area contributed by atoms with Crippen LogP contribution in [0.4, 0.5) is 0 Å². The molecule has 0 fully saturated rings. The molecule has 0 aromatic carbocycles. The largest absolute Gasteiger partial charge is 0.314 e. The third kappa shape index (κ3) is 4.76. The molecule has 0 aliphatic carbocycles. The van der Waals surface area contributed by atoms with Gasteiger partial charge < -0.3 is 5.32 Å². The van der Waals surface area contributed by atoms with E-state index in [-0.39, 0.29) is 0 Å². The smallest absolute Gasteiger partial charge is 0.0797 e. The fraction of sp³-hybridized carbons (Fsp3) is 0.750. The summed E-state index contributed by atoms with van der Waals surface area (Å²) in [5.74, 6) is 0. The predicted octanol–water partition coefficient (Wildman–Crippen LogP) is 3.16. The summed E-state index contributed by atoms with van der Waals surface area (Å²) in [6, 6.07) is 0.651. The Morgan fingerprint density at radius 1 is 1.53 bits per heavy atom. The molecule has 0 saturated heterocycles. The van der Waals surface area contributed by atoms with Crippen molar-refractivity contribution < 1.29 is 0 Å². The molecule has 2 nitrogen and oxygen atoms in total. The van der Waals surface area contributed by atoms with Crippen molar-refractivity contribution >= 4 is 11.3 Å². The minimum absolute atomic E-state index is 0.651. The second-order valence-electron chi connectivity index (χ2n) is 4.11. The summed E-state index contributed by atoms with van der Waals surface area (Å²) < 4.78 is 0. The molecule has 86 valence electrons. The lowest BCUT2D eigenvalue weighted by atomic mass is 10.1. The lowest BCUT2D eigenvalue weighted by Crippen LogP contribution is -2.27. The van der Waals surface area contributed by atoms with Crippen molar-refractivity contribution in [3.05, 3.63) is 16.1 Å². The van der Waals surface area contributed by atoms with Crippen LogP contribution in [-0.4, -0.2) is 17.6 Å². The molecule has 0 spiro atoms. The van der Waals surface area contributed by atoms with Crippen molar-refractivity contribution in [2.24, 2.45) is 0 Å². The summed E-state index contributed by atoms with van der Waals surface area (Å²) in [5.41, 5.74) is 3.13. The number of nitrogens with zero attached hydrogens (tertiary/aromatic N) is 1. The zero-order valence-electron chi connectivity index (χ0n) is 10.0.